The van der Waals surface area contributed by atoms with E-state index in [0.29, 0.717) is 6.42 Å². The van der Waals surface area contributed by atoms with Gasteiger partial charge >= 0.3 is 5.97 Å². The molecule has 0 amide bonds. The van der Waals surface area contributed by atoms with Crippen LogP contribution < -0.4 is 4.74 Å². The Morgan fingerprint density at radius 3 is 3.00 bits per heavy atom. The Hall–Kier alpha value is -2.48. The molecule has 0 aromatic carbocycles. The van der Waals surface area contributed by atoms with Crippen LogP contribution in [0.5, 0.6) is 5.88 Å². The van der Waals surface area contributed by atoms with Crippen molar-refractivity contribution in [1.82, 2.24) is 24.6 Å². The molecule has 0 bridgehead atoms. The molecule has 0 saturated heterocycles. The summed E-state index contributed by atoms with van der Waals surface area (Å²) in [7, 11) is 0. The fourth-order valence-corrected chi connectivity index (χ4v) is 3.75. The van der Waals surface area contributed by atoms with E-state index in [-0.39, 0.29) is 12.5 Å². The van der Waals surface area contributed by atoms with Gasteiger partial charge in [0.15, 0.2) is 0 Å². The molecule has 1 atom stereocenters. The third-order valence-corrected chi connectivity index (χ3v) is 4.98. The van der Waals surface area contributed by atoms with Crippen LogP contribution in [0.4, 0.5) is 0 Å². The largest absolute Gasteiger partial charge is 0.481 e. The van der Waals surface area contributed by atoms with Crippen LogP contribution in [0.2, 0.25) is 0 Å². The van der Waals surface area contributed by atoms with Gasteiger partial charge in [0.2, 0.25) is 5.88 Å². The Morgan fingerprint density at radius 2 is 2.19 bits per heavy atom. The molecule has 0 spiro atoms. The minimum absolute atomic E-state index is 0.0979. The van der Waals surface area contributed by atoms with E-state index in [2.05, 4.69) is 20.0 Å². The summed E-state index contributed by atoms with van der Waals surface area (Å²) in [5.41, 5.74) is 4.13. The van der Waals surface area contributed by atoms with Crippen LogP contribution in [0.25, 0.3) is 0 Å². The second kappa shape index (κ2) is 6.68. The van der Waals surface area contributed by atoms with Crippen molar-refractivity contribution in [3.63, 3.8) is 0 Å². The van der Waals surface area contributed by atoms with E-state index in [1.54, 1.807) is 0 Å². The number of hydrogen-bond donors (Lipinski definition) is 1. The van der Waals surface area contributed by atoms with Crippen molar-refractivity contribution in [2.75, 3.05) is 13.1 Å². The smallest absolute Gasteiger partial charge is 0.303 e. The van der Waals surface area contributed by atoms with E-state index >= 15 is 0 Å². The number of carboxylic acids is 1. The lowest BCUT2D eigenvalue weighted by Gasteiger charge is -2.29. The highest BCUT2D eigenvalue weighted by Crippen LogP contribution is 2.29. The molecule has 2 aliphatic heterocycles. The summed E-state index contributed by atoms with van der Waals surface area (Å²) in [6.45, 7) is 7.27. The summed E-state index contributed by atoms with van der Waals surface area (Å²) in [5, 5.41) is 13.3. The van der Waals surface area contributed by atoms with Gasteiger partial charge in [-0.3, -0.25) is 14.4 Å². The van der Waals surface area contributed by atoms with Gasteiger partial charge in [-0.1, -0.05) is 0 Å². The highest BCUT2D eigenvalue weighted by atomic mass is 16.5. The number of fused-ring (bicyclic) bond motifs is 2. The van der Waals surface area contributed by atoms with Crippen molar-refractivity contribution >= 4 is 5.97 Å². The molecule has 0 fully saturated rings. The number of ether oxygens (including phenoxy) is 1. The standard InChI is InChI=1S/C18H23N5O3/c1-11-16-8-15(26-18(16)20-12(2)19-11)10-22-5-6-23-14(9-22)7-13(21-23)3-4-17(24)25/h7,15H,3-6,8-10H2,1-2H3,(H,24,25). The van der Waals surface area contributed by atoms with E-state index in [9.17, 15) is 4.79 Å². The molecule has 4 rings (SSSR count). The molecule has 2 aromatic heterocycles. The Balaban J connectivity index is 1.38. The molecule has 2 aliphatic rings. The lowest BCUT2D eigenvalue weighted by Crippen LogP contribution is -2.40. The van der Waals surface area contributed by atoms with Gasteiger partial charge in [-0.15, -0.1) is 0 Å². The number of aryl methyl sites for hydroxylation is 3. The molecule has 0 radical (unpaired) electrons. The van der Waals surface area contributed by atoms with Gasteiger partial charge < -0.3 is 9.84 Å². The third kappa shape index (κ3) is 3.41. The van der Waals surface area contributed by atoms with Gasteiger partial charge in [-0.25, -0.2) is 4.98 Å². The number of aliphatic carboxylic acids is 1. The van der Waals surface area contributed by atoms with Crippen LogP contribution in [0.1, 0.15) is 34.9 Å². The van der Waals surface area contributed by atoms with Gasteiger partial charge in [0.1, 0.15) is 11.9 Å². The van der Waals surface area contributed by atoms with Gasteiger partial charge in [0.05, 0.1) is 24.4 Å². The van der Waals surface area contributed by atoms with E-state index in [1.807, 2.05) is 24.6 Å². The number of aromatic nitrogens is 4. The average Bonchev–Trinajstić information content (AvgIpc) is 3.16. The molecule has 8 heteroatoms. The van der Waals surface area contributed by atoms with Crippen molar-refractivity contribution in [3.8, 4) is 5.88 Å². The summed E-state index contributed by atoms with van der Waals surface area (Å²) in [5.74, 6) is 0.694. The summed E-state index contributed by atoms with van der Waals surface area (Å²) in [6, 6.07) is 2.03. The van der Waals surface area contributed by atoms with Crippen LogP contribution in [0.3, 0.4) is 0 Å². The van der Waals surface area contributed by atoms with Gasteiger partial charge in [-0.05, 0) is 19.9 Å². The van der Waals surface area contributed by atoms with Crippen LogP contribution in [0.15, 0.2) is 6.07 Å². The van der Waals surface area contributed by atoms with E-state index in [0.717, 1.165) is 66.9 Å². The number of rotatable bonds is 5. The van der Waals surface area contributed by atoms with E-state index in [1.165, 1.54) is 0 Å². The third-order valence-electron chi connectivity index (χ3n) is 4.98. The SMILES string of the molecule is Cc1nc(C)c2c(n1)OC(CN1CCn3nc(CCC(=O)O)cc3C1)C2. The Labute approximate surface area is 151 Å². The second-order valence-corrected chi connectivity index (χ2v) is 7.06. The molecule has 1 N–H and O–H groups in total. The monoisotopic (exact) mass is 357 g/mol. The number of carbonyl (C=O) groups is 1. The van der Waals surface area contributed by atoms with Gasteiger partial charge in [-0.2, -0.15) is 10.1 Å². The normalized spacial score (nSPS) is 19.1. The van der Waals surface area contributed by atoms with Crippen molar-refractivity contribution in [1.29, 1.82) is 0 Å². The molecule has 1 unspecified atom stereocenters. The van der Waals surface area contributed by atoms with Gasteiger partial charge in [0.25, 0.3) is 0 Å². The number of carboxylic acid groups (broad SMARTS) is 1. The fraction of sp³-hybridized carbons (Fsp3) is 0.556. The predicted octanol–water partition coefficient (Wildman–Crippen LogP) is 1.13. The Morgan fingerprint density at radius 1 is 1.35 bits per heavy atom. The highest BCUT2D eigenvalue weighted by Gasteiger charge is 2.30. The van der Waals surface area contributed by atoms with Crippen LogP contribution >= 0.6 is 0 Å². The zero-order valence-corrected chi connectivity index (χ0v) is 15.1. The molecular weight excluding hydrogens is 334 g/mol. The minimum Gasteiger partial charge on any atom is -0.481 e. The summed E-state index contributed by atoms with van der Waals surface area (Å²) in [6.07, 6.45) is 1.55. The molecular formula is C18H23N5O3. The Kier molecular flexibility index (Phi) is 4.36. The molecule has 2 aromatic rings. The summed E-state index contributed by atoms with van der Waals surface area (Å²) in [4.78, 5) is 21.9. The molecule has 26 heavy (non-hydrogen) atoms. The maximum atomic E-state index is 10.7. The minimum atomic E-state index is -0.788. The van der Waals surface area contributed by atoms with Crippen molar-refractivity contribution in [2.45, 2.75) is 52.3 Å². The molecule has 4 heterocycles. The van der Waals surface area contributed by atoms with Crippen molar-refractivity contribution < 1.29 is 14.6 Å². The zero-order valence-electron chi connectivity index (χ0n) is 15.1. The zero-order chi connectivity index (χ0) is 18.3. The fourth-order valence-electron chi connectivity index (χ4n) is 3.75. The maximum Gasteiger partial charge on any atom is 0.303 e. The van der Waals surface area contributed by atoms with E-state index < -0.39 is 5.97 Å². The van der Waals surface area contributed by atoms with Crippen molar-refractivity contribution in [3.05, 3.63) is 34.5 Å². The average molecular weight is 357 g/mol. The van der Waals surface area contributed by atoms with E-state index in [4.69, 9.17) is 9.84 Å². The maximum absolute atomic E-state index is 10.7. The summed E-state index contributed by atoms with van der Waals surface area (Å²) >= 11 is 0. The molecule has 0 saturated carbocycles. The molecule has 8 nitrogen and oxygen atoms in total. The first-order chi connectivity index (χ1) is 12.5. The quantitative estimate of drug-likeness (QED) is 0.857. The first kappa shape index (κ1) is 17.0. The van der Waals surface area contributed by atoms with Crippen LogP contribution in [-0.4, -0.2) is 54.9 Å². The highest BCUT2D eigenvalue weighted by molar-refractivity contribution is 5.66. The Bertz CT molecular complexity index is 848. The lowest BCUT2D eigenvalue weighted by atomic mass is 10.1. The topological polar surface area (TPSA) is 93.4 Å². The molecule has 138 valence electrons. The lowest BCUT2D eigenvalue weighted by molar-refractivity contribution is -0.136. The number of nitrogens with zero attached hydrogens (tertiary/aromatic N) is 5. The second-order valence-electron chi connectivity index (χ2n) is 7.06. The summed E-state index contributed by atoms with van der Waals surface area (Å²) < 4.78 is 8.05. The van der Waals surface area contributed by atoms with Crippen molar-refractivity contribution in [2.24, 2.45) is 0 Å². The predicted molar refractivity (Wildman–Crippen MR) is 93.1 cm³/mol. The van der Waals surface area contributed by atoms with Crippen LogP contribution in [0, 0.1) is 13.8 Å². The first-order valence-electron chi connectivity index (χ1n) is 8.98. The van der Waals surface area contributed by atoms with Gasteiger partial charge in [0, 0.05) is 43.7 Å². The number of hydrogen-bond acceptors (Lipinski definition) is 6. The first-order valence-corrected chi connectivity index (χ1v) is 8.98. The molecule has 0 aliphatic carbocycles. The van der Waals surface area contributed by atoms with Crippen LogP contribution in [-0.2, 0) is 30.7 Å².